The first-order valence-electron chi connectivity index (χ1n) is 15.4. The van der Waals surface area contributed by atoms with Gasteiger partial charge >= 0.3 is 0 Å². The zero-order valence-electron chi connectivity index (χ0n) is 24.6. The zero-order chi connectivity index (χ0) is 29.2. The number of hydrogen-bond acceptors (Lipinski definition) is 1. The minimum Gasteiger partial charge on any atom is -0.294 e. The highest BCUT2D eigenvalue weighted by Crippen LogP contribution is 2.51. The Morgan fingerprint density at radius 2 is 1.09 bits per heavy atom. The molecule has 0 spiro atoms. The molecular formula is C42H28N2. The van der Waals surface area contributed by atoms with Gasteiger partial charge in [0.15, 0.2) is 0 Å². The van der Waals surface area contributed by atoms with Crippen LogP contribution in [0.5, 0.6) is 0 Å². The second kappa shape index (κ2) is 8.33. The lowest BCUT2D eigenvalue weighted by atomic mass is 9.81. The Labute approximate surface area is 254 Å². The molecule has 7 aromatic carbocycles. The number of hydrogen-bond donors (Lipinski definition) is 0. The number of rotatable bonds is 1. The van der Waals surface area contributed by atoms with Crippen LogP contribution in [-0.2, 0) is 5.41 Å². The Balaban J connectivity index is 1.39. The van der Waals surface area contributed by atoms with Gasteiger partial charge in [-0.2, -0.15) is 0 Å². The summed E-state index contributed by atoms with van der Waals surface area (Å²) in [6, 6.07) is 47.1. The minimum atomic E-state index is -0.0634. The molecule has 0 aliphatic heterocycles. The summed E-state index contributed by atoms with van der Waals surface area (Å²) in [5.41, 5.74) is 7.82. The van der Waals surface area contributed by atoms with Crippen molar-refractivity contribution in [1.82, 2.24) is 9.55 Å². The van der Waals surface area contributed by atoms with Crippen molar-refractivity contribution < 1.29 is 0 Å². The molecule has 44 heavy (non-hydrogen) atoms. The van der Waals surface area contributed by atoms with Gasteiger partial charge < -0.3 is 0 Å². The minimum absolute atomic E-state index is 0.0634. The van der Waals surface area contributed by atoms with Crippen LogP contribution in [0.4, 0.5) is 0 Å². The monoisotopic (exact) mass is 560 g/mol. The van der Waals surface area contributed by atoms with E-state index in [4.69, 9.17) is 4.98 Å². The fourth-order valence-electron chi connectivity index (χ4n) is 8.05. The number of nitrogens with zero attached hydrogens (tertiary/aromatic N) is 2. The summed E-state index contributed by atoms with van der Waals surface area (Å²) in [5.74, 6) is 0.941. The first-order valence-corrected chi connectivity index (χ1v) is 15.4. The van der Waals surface area contributed by atoms with Crippen molar-refractivity contribution in [3.63, 3.8) is 0 Å². The lowest BCUT2D eigenvalue weighted by Gasteiger charge is -2.22. The molecule has 2 heterocycles. The third kappa shape index (κ3) is 3.02. The Bertz CT molecular complexity index is 2690. The number of pyridine rings is 1. The van der Waals surface area contributed by atoms with Crippen LogP contribution < -0.4 is 0 Å². The van der Waals surface area contributed by atoms with Crippen LogP contribution in [0.2, 0.25) is 0 Å². The molecule has 0 bridgehead atoms. The molecule has 2 nitrogen and oxygen atoms in total. The quantitative estimate of drug-likeness (QED) is 0.183. The number of aromatic nitrogens is 2. The fourth-order valence-corrected chi connectivity index (χ4v) is 8.05. The van der Waals surface area contributed by atoms with E-state index in [1.165, 1.54) is 81.8 Å². The van der Waals surface area contributed by atoms with Crippen molar-refractivity contribution in [1.29, 1.82) is 0 Å². The highest BCUT2D eigenvalue weighted by molar-refractivity contribution is 6.29. The first kappa shape index (κ1) is 24.0. The maximum absolute atomic E-state index is 4.99. The van der Waals surface area contributed by atoms with E-state index < -0.39 is 0 Å². The van der Waals surface area contributed by atoms with Gasteiger partial charge in [0.25, 0.3) is 0 Å². The molecular weight excluding hydrogens is 532 g/mol. The predicted octanol–water partition coefficient (Wildman–Crippen LogP) is 11.1. The van der Waals surface area contributed by atoms with E-state index in [-0.39, 0.29) is 5.41 Å². The molecule has 9 aromatic rings. The van der Waals surface area contributed by atoms with E-state index in [1.54, 1.807) is 0 Å². The second-order valence-electron chi connectivity index (χ2n) is 12.8. The molecule has 0 fully saturated rings. The lowest BCUT2D eigenvalue weighted by Crippen LogP contribution is -2.14. The fraction of sp³-hybridized carbons (Fsp3) is 0.0714. The highest BCUT2D eigenvalue weighted by atomic mass is 15.1. The largest absolute Gasteiger partial charge is 0.294 e. The van der Waals surface area contributed by atoms with Crippen LogP contribution in [0.3, 0.4) is 0 Å². The smallest absolute Gasteiger partial charge is 0.138 e. The average molecular weight is 561 g/mol. The van der Waals surface area contributed by atoms with Gasteiger partial charge in [0.05, 0.1) is 11.0 Å². The third-order valence-corrected chi connectivity index (χ3v) is 10.2. The summed E-state index contributed by atoms with van der Waals surface area (Å²) >= 11 is 0. The van der Waals surface area contributed by atoms with Gasteiger partial charge in [0, 0.05) is 27.8 Å². The Morgan fingerprint density at radius 1 is 0.455 bits per heavy atom. The van der Waals surface area contributed by atoms with Crippen LogP contribution in [0.15, 0.2) is 134 Å². The molecule has 1 aliphatic carbocycles. The number of para-hydroxylation sites is 1. The van der Waals surface area contributed by atoms with Gasteiger partial charge in [-0.25, -0.2) is 4.98 Å². The maximum Gasteiger partial charge on any atom is 0.138 e. The molecule has 0 N–H and O–H groups in total. The summed E-state index contributed by atoms with van der Waals surface area (Å²) < 4.78 is 2.35. The molecule has 0 saturated heterocycles. The predicted molar refractivity (Wildman–Crippen MR) is 186 cm³/mol. The van der Waals surface area contributed by atoms with Gasteiger partial charge in [0.1, 0.15) is 5.82 Å². The third-order valence-electron chi connectivity index (χ3n) is 10.2. The van der Waals surface area contributed by atoms with Gasteiger partial charge in [-0.05, 0) is 96.4 Å². The maximum atomic E-state index is 4.99. The Morgan fingerprint density at radius 3 is 1.93 bits per heavy atom. The van der Waals surface area contributed by atoms with Crippen molar-refractivity contribution in [2.24, 2.45) is 0 Å². The molecule has 1 aliphatic rings. The van der Waals surface area contributed by atoms with Gasteiger partial charge in [0.2, 0.25) is 0 Å². The van der Waals surface area contributed by atoms with Crippen LogP contribution in [0, 0.1) is 0 Å². The molecule has 0 saturated carbocycles. The lowest BCUT2D eigenvalue weighted by molar-refractivity contribution is 0.661. The van der Waals surface area contributed by atoms with Gasteiger partial charge in [-0.3, -0.25) is 4.57 Å². The first-order chi connectivity index (χ1) is 21.6. The van der Waals surface area contributed by atoms with E-state index in [9.17, 15) is 0 Å². The Hall–Kier alpha value is -5.47. The standard InChI is InChI=1S/C42H28N2/c1-42(2)37-17-9-7-15-29(37)35-20-31-27-13-5-6-14-28(27)32-21-36-30-16-8-10-18-39(30)44(40(36)23-34(32)33(31)22-38(35)42)41-19-25-11-3-4-12-26(25)24-43-41/h3-24H,1-2H3. The molecule has 206 valence electrons. The molecule has 0 radical (unpaired) electrons. The average Bonchev–Trinajstić information content (AvgIpc) is 3.51. The van der Waals surface area contributed by atoms with E-state index in [0.29, 0.717) is 0 Å². The normalized spacial score (nSPS) is 13.9. The molecule has 10 rings (SSSR count). The van der Waals surface area contributed by atoms with Crippen molar-refractivity contribution in [3.8, 4) is 16.9 Å². The summed E-state index contributed by atoms with van der Waals surface area (Å²) in [5, 5.41) is 12.6. The molecule has 2 heteroatoms. The topological polar surface area (TPSA) is 17.8 Å². The SMILES string of the molecule is CC1(C)c2ccccc2-c2cc3c4ccccc4c4cc5c6ccccc6n(-c6cc7ccccc7cn6)c5cc4c3cc21. The van der Waals surface area contributed by atoms with Crippen molar-refractivity contribution in [3.05, 3.63) is 145 Å². The summed E-state index contributed by atoms with van der Waals surface area (Å²) in [6.45, 7) is 4.74. The zero-order valence-corrected chi connectivity index (χ0v) is 24.6. The molecule has 0 atom stereocenters. The van der Waals surface area contributed by atoms with Crippen LogP contribution in [0.1, 0.15) is 25.0 Å². The van der Waals surface area contributed by atoms with Crippen LogP contribution in [-0.4, -0.2) is 9.55 Å². The van der Waals surface area contributed by atoms with Crippen molar-refractivity contribution in [2.45, 2.75) is 19.3 Å². The van der Waals surface area contributed by atoms with Crippen molar-refractivity contribution in [2.75, 3.05) is 0 Å². The van der Waals surface area contributed by atoms with Crippen LogP contribution in [0.25, 0.3) is 81.8 Å². The van der Waals surface area contributed by atoms with Gasteiger partial charge in [-0.1, -0.05) is 105 Å². The van der Waals surface area contributed by atoms with Crippen molar-refractivity contribution >= 4 is 64.9 Å². The summed E-state index contributed by atoms with van der Waals surface area (Å²) in [4.78, 5) is 4.99. The molecule has 2 aromatic heterocycles. The summed E-state index contributed by atoms with van der Waals surface area (Å²) in [7, 11) is 0. The van der Waals surface area contributed by atoms with Gasteiger partial charge in [-0.15, -0.1) is 0 Å². The van der Waals surface area contributed by atoms with E-state index in [1.807, 2.05) is 6.20 Å². The van der Waals surface area contributed by atoms with Crippen LogP contribution >= 0.6 is 0 Å². The van der Waals surface area contributed by atoms with E-state index >= 15 is 0 Å². The Kier molecular flexibility index (Phi) is 4.55. The number of fused-ring (bicyclic) bond motifs is 13. The number of benzene rings is 7. The van der Waals surface area contributed by atoms with E-state index in [0.717, 1.165) is 11.2 Å². The molecule has 0 unspecified atom stereocenters. The second-order valence-corrected chi connectivity index (χ2v) is 12.8. The highest BCUT2D eigenvalue weighted by Gasteiger charge is 2.35. The van der Waals surface area contributed by atoms with E-state index in [2.05, 4.69) is 146 Å². The summed E-state index contributed by atoms with van der Waals surface area (Å²) in [6.07, 6.45) is 2.00. The molecule has 0 amide bonds.